The molecule has 0 saturated heterocycles. The van der Waals surface area contributed by atoms with E-state index in [1.807, 2.05) is 26.0 Å². The number of aromatic nitrogens is 2. The highest BCUT2D eigenvalue weighted by molar-refractivity contribution is 6.02. The number of nitrogens with zero attached hydrogens (tertiary/aromatic N) is 2. The summed E-state index contributed by atoms with van der Waals surface area (Å²) in [6, 6.07) is 4.03. The van der Waals surface area contributed by atoms with Crippen LogP contribution in [-0.4, -0.2) is 9.97 Å². The lowest BCUT2D eigenvalue weighted by Gasteiger charge is -2.05. The van der Waals surface area contributed by atoms with Gasteiger partial charge in [0.15, 0.2) is 5.89 Å². The normalized spacial score (nSPS) is 11.3. The Morgan fingerprint density at radius 2 is 1.78 bits per heavy atom. The van der Waals surface area contributed by atoms with Crippen LogP contribution >= 0.6 is 0 Å². The molecule has 3 aromatic rings. The molecule has 90 valence electrons. The van der Waals surface area contributed by atoms with Crippen LogP contribution in [0.1, 0.15) is 17.0 Å². The molecule has 0 aliphatic carbocycles. The van der Waals surface area contributed by atoms with Gasteiger partial charge in [0.1, 0.15) is 5.39 Å². The van der Waals surface area contributed by atoms with E-state index in [0.717, 1.165) is 16.5 Å². The molecule has 3 rings (SSSR count). The lowest BCUT2D eigenvalue weighted by molar-refractivity contribution is 0.467. The van der Waals surface area contributed by atoms with Gasteiger partial charge in [-0.1, -0.05) is 0 Å². The molecule has 2 heterocycles. The SMILES string of the molecule is Cc1nc2c(cnc3cc(C)c(C)cc32)c(=O)o1. The third-order valence-corrected chi connectivity index (χ3v) is 3.18. The Labute approximate surface area is 103 Å². The van der Waals surface area contributed by atoms with Gasteiger partial charge in [0, 0.05) is 18.5 Å². The van der Waals surface area contributed by atoms with Crippen molar-refractivity contribution in [2.75, 3.05) is 0 Å². The number of hydrogen-bond donors (Lipinski definition) is 0. The maximum absolute atomic E-state index is 11.7. The smallest absolute Gasteiger partial charge is 0.348 e. The fourth-order valence-corrected chi connectivity index (χ4v) is 2.08. The molecule has 0 N–H and O–H groups in total. The number of hydrogen-bond acceptors (Lipinski definition) is 4. The minimum Gasteiger partial charge on any atom is -0.408 e. The Morgan fingerprint density at radius 1 is 1.06 bits per heavy atom. The Morgan fingerprint density at radius 3 is 2.56 bits per heavy atom. The zero-order valence-corrected chi connectivity index (χ0v) is 10.4. The summed E-state index contributed by atoms with van der Waals surface area (Å²) in [5.74, 6) is 0.373. The van der Waals surface area contributed by atoms with E-state index in [1.165, 1.54) is 11.8 Å². The van der Waals surface area contributed by atoms with E-state index < -0.39 is 0 Å². The molecule has 4 heteroatoms. The first-order valence-electron chi connectivity index (χ1n) is 5.73. The average molecular weight is 240 g/mol. The first-order valence-corrected chi connectivity index (χ1v) is 5.73. The van der Waals surface area contributed by atoms with Crippen LogP contribution in [0.4, 0.5) is 0 Å². The average Bonchev–Trinajstić information content (AvgIpc) is 2.30. The van der Waals surface area contributed by atoms with Gasteiger partial charge >= 0.3 is 5.63 Å². The highest BCUT2D eigenvalue weighted by atomic mass is 16.4. The summed E-state index contributed by atoms with van der Waals surface area (Å²) in [5, 5.41) is 1.32. The van der Waals surface area contributed by atoms with Crippen molar-refractivity contribution >= 4 is 21.8 Å². The summed E-state index contributed by atoms with van der Waals surface area (Å²) in [6.07, 6.45) is 1.53. The third kappa shape index (κ3) is 1.49. The summed E-state index contributed by atoms with van der Waals surface area (Å²) in [6.45, 7) is 5.75. The maximum Gasteiger partial charge on any atom is 0.348 e. The van der Waals surface area contributed by atoms with Crippen molar-refractivity contribution in [3.8, 4) is 0 Å². The van der Waals surface area contributed by atoms with Crippen molar-refractivity contribution in [3.63, 3.8) is 0 Å². The summed E-state index contributed by atoms with van der Waals surface area (Å²) in [7, 11) is 0. The highest BCUT2D eigenvalue weighted by Gasteiger charge is 2.09. The molecular formula is C14H12N2O2. The minimum atomic E-state index is -0.384. The Bertz CT molecular complexity index is 834. The molecule has 0 spiro atoms. The molecule has 0 aliphatic heterocycles. The Balaban J connectivity index is 2.60. The molecule has 18 heavy (non-hydrogen) atoms. The van der Waals surface area contributed by atoms with Gasteiger partial charge in [0.2, 0.25) is 0 Å². The lowest BCUT2D eigenvalue weighted by atomic mass is 10.0. The van der Waals surface area contributed by atoms with Crippen molar-refractivity contribution in [2.45, 2.75) is 20.8 Å². The zero-order chi connectivity index (χ0) is 12.9. The van der Waals surface area contributed by atoms with Crippen LogP contribution in [0.2, 0.25) is 0 Å². The zero-order valence-electron chi connectivity index (χ0n) is 10.4. The first-order chi connectivity index (χ1) is 8.56. The molecule has 0 bridgehead atoms. The van der Waals surface area contributed by atoms with E-state index in [9.17, 15) is 4.79 Å². The predicted molar refractivity (Wildman–Crippen MR) is 69.8 cm³/mol. The van der Waals surface area contributed by atoms with Crippen LogP contribution in [0.5, 0.6) is 0 Å². The van der Waals surface area contributed by atoms with E-state index >= 15 is 0 Å². The summed E-state index contributed by atoms with van der Waals surface area (Å²) in [4.78, 5) is 20.4. The van der Waals surface area contributed by atoms with Crippen LogP contribution in [0.25, 0.3) is 21.8 Å². The second-order valence-corrected chi connectivity index (χ2v) is 4.49. The van der Waals surface area contributed by atoms with Gasteiger partial charge in [0.05, 0.1) is 11.0 Å². The van der Waals surface area contributed by atoms with Crippen LogP contribution in [0.3, 0.4) is 0 Å². The molecule has 0 atom stereocenters. The molecule has 1 aromatic carbocycles. The molecule has 4 nitrogen and oxygen atoms in total. The van der Waals surface area contributed by atoms with Gasteiger partial charge in [-0.3, -0.25) is 4.98 Å². The summed E-state index contributed by atoms with van der Waals surface area (Å²) < 4.78 is 4.99. The summed E-state index contributed by atoms with van der Waals surface area (Å²) >= 11 is 0. The molecule has 2 aromatic heterocycles. The highest BCUT2D eigenvalue weighted by Crippen LogP contribution is 2.23. The third-order valence-electron chi connectivity index (χ3n) is 3.18. The molecule has 0 amide bonds. The number of pyridine rings is 1. The van der Waals surface area contributed by atoms with E-state index in [0.29, 0.717) is 16.8 Å². The molecule has 0 radical (unpaired) electrons. The van der Waals surface area contributed by atoms with Crippen LogP contribution in [0, 0.1) is 20.8 Å². The second kappa shape index (κ2) is 3.63. The van der Waals surface area contributed by atoms with Gasteiger partial charge in [-0.25, -0.2) is 9.78 Å². The van der Waals surface area contributed by atoms with Crippen molar-refractivity contribution in [3.05, 3.63) is 45.8 Å². The number of fused-ring (bicyclic) bond motifs is 3. The first kappa shape index (κ1) is 10.9. The monoisotopic (exact) mass is 240 g/mol. The van der Waals surface area contributed by atoms with Gasteiger partial charge in [-0.05, 0) is 37.1 Å². The standard InChI is InChI=1S/C14H12N2O2/c1-7-4-10-12(5-8(7)2)15-6-11-13(10)16-9(3)18-14(11)17/h4-6H,1-3H3. The number of aryl methyl sites for hydroxylation is 3. The Kier molecular flexibility index (Phi) is 2.20. The number of benzene rings is 1. The second-order valence-electron chi connectivity index (χ2n) is 4.49. The van der Waals surface area contributed by atoms with Crippen molar-refractivity contribution < 1.29 is 4.42 Å². The van der Waals surface area contributed by atoms with Gasteiger partial charge in [0.25, 0.3) is 0 Å². The van der Waals surface area contributed by atoms with E-state index in [2.05, 4.69) is 9.97 Å². The van der Waals surface area contributed by atoms with Crippen molar-refractivity contribution in [2.24, 2.45) is 0 Å². The van der Waals surface area contributed by atoms with Crippen molar-refractivity contribution in [1.82, 2.24) is 9.97 Å². The topological polar surface area (TPSA) is 56.0 Å². The van der Waals surface area contributed by atoms with E-state index in [-0.39, 0.29) is 5.63 Å². The molecular weight excluding hydrogens is 228 g/mol. The molecule has 0 fully saturated rings. The van der Waals surface area contributed by atoms with Gasteiger partial charge < -0.3 is 4.42 Å². The van der Waals surface area contributed by atoms with Crippen LogP contribution in [0.15, 0.2) is 27.5 Å². The number of rotatable bonds is 0. The summed E-state index contributed by atoms with van der Waals surface area (Å²) in [5.41, 5.74) is 3.46. The predicted octanol–water partition coefficient (Wildman–Crippen LogP) is 2.66. The van der Waals surface area contributed by atoms with E-state index in [1.54, 1.807) is 6.92 Å². The molecule has 0 saturated carbocycles. The van der Waals surface area contributed by atoms with Crippen LogP contribution < -0.4 is 5.63 Å². The van der Waals surface area contributed by atoms with Crippen LogP contribution in [-0.2, 0) is 0 Å². The quantitative estimate of drug-likeness (QED) is 0.567. The van der Waals surface area contributed by atoms with Crippen molar-refractivity contribution in [1.29, 1.82) is 0 Å². The molecule has 0 aliphatic rings. The minimum absolute atomic E-state index is 0.373. The fourth-order valence-electron chi connectivity index (χ4n) is 2.08. The maximum atomic E-state index is 11.7. The largest absolute Gasteiger partial charge is 0.408 e. The fraction of sp³-hybridized carbons (Fsp3) is 0.214. The Hall–Kier alpha value is -2.23. The van der Waals surface area contributed by atoms with Gasteiger partial charge in [-0.2, -0.15) is 0 Å². The van der Waals surface area contributed by atoms with E-state index in [4.69, 9.17) is 4.42 Å². The lowest BCUT2D eigenvalue weighted by Crippen LogP contribution is -2.04. The molecule has 0 unspecified atom stereocenters. The van der Waals surface area contributed by atoms with Gasteiger partial charge in [-0.15, -0.1) is 0 Å².